The number of halogens is 1. The third-order valence-corrected chi connectivity index (χ3v) is 4.40. The summed E-state index contributed by atoms with van der Waals surface area (Å²) in [5, 5.41) is 0. The summed E-state index contributed by atoms with van der Waals surface area (Å²) in [6.45, 7) is 10.7. The average Bonchev–Trinajstić information content (AvgIpc) is 2.88. The van der Waals surface area contributed by atoms with E-state index in [1.807, 2.05) is 18.5 Å². The standard InChI is InChI=1S/C18H18IN3/c1-11(18(2,3)4)14-9-20-17-16(14)22-15(10-21-17)12-6-5-7-13(19)8-12/h5-10H,1H2,2-4H3,(H,20,21). The van der Waals surface area contributed by atoms with Gasteiger partial charge in [-0.2, -0.15) is 0 Å². The number of H-pyrrole nitrogens is 1. The van der Waals surface area contributed by atoms with Gasteiger partial charge in [0.05, 0.1) is 11.9 Å². The van der Waals surface area contributed by atoms with Crippen molar-refractivity contribution in [1.29, 1.82) is 0 Å². The topological polar surface area (TPSA) is 41.6 Å². The summed E-state index contributed by atoms with van der Waals surface area (Å²) in [5.41, 5.74) is 5.75. The van der Waals surface area contributed by atoms with E-state index in [1.165, 1.54) is 3.57 Å². The molecule has 0 aliphatic rings. The molecule has 0 bridgehead atoms. The van der Waals surface area contributed by atoms with Gasteiger partial charge in [-0.25, -0.2) is 9.97 Å². The lowest BCUT2D eigenvalue weighted by atomic mass is 9.84. The first-order valence-corrected chi connectivity index (χ1v) is 8.24. The molecule has 0 saturated carbocycles. The highest BCUT2D eigenvalue weighted by molar-refractivity contribution is 14.1. The molecule has 3 aromatic rings. The van der Waals surface area contributed by atoms with Gasteiger partial charge in [-0.1, -0.05) is 39.5 Å². The molecule has 3 nitrogen and oxygen atoms in total. The summed E-state index contributed by atoms with van der Waals surface area (Å²) in [6.07, 6.45) is 3.77. The second-order valence-electron chi connectivity index (χ2n) is 6.39. The minimum atomic E-state index is -0.00503. The van der Waals surface area contributed by atoms with Crippen molar-refractivity contribution in [2.24, 2.45) is 5.41 Å². The van der Waals surface area contributed by atoms with Crippen molar-refractivity contribution in [3.63, 3.8) is 0 Å². The van der Waals surface area contributed by atoms with Gasteiger partial charge in [-0.3, -0.25) is 0 Å². The maximum Gasteiger partial charge on any atom is 0.156 e. The Bertz CT molecular complexity index is 856. The number of rotatable bonds is 2. The van der Waals surface area contributed by atoms with Gasteiger partial charge in [-0.15, -0.1) is 0 Å². The highest BCUT2D eigenvalue weighted by Gasteiger charge is 2.20. The van der Waals surface area contributed by atoms with Crippen molar-refractivity contribution in [2.75, 3.05) is 0 Å². The van der Waals surface area contributed by atoms with E-state index in [9.17, 15) is 0 Å². The first-order valence-electron chi connectivity index (χ1n) is 7.16. The van der Waals surface area contributed by atoms with E-state index < -0.39 is 0 Å². The van der Waals surface area contributed by atoms with Crippen LogP contribution in [0.25, 0.3) is 28.0 Å². The Kier molecular flexibility index (Phi) is 3.80. The molecule has 112 valence electrons. The summed E-state index contributed by atoms with van der Waals surface area (Å²) in [7, 11) is 0. The predicted octanol–water partition coefficient (Wildman–Crippen LogP) is 5.29. The molecule has 1 N–H and O–H groups in total. The van der Waals surface area contributed by atoms with Crippen molar-refractivity contribution in [3.8, 4) is 11.3 Å². The number of hydrogen-bond donors (Lipinski definition) is 1. The highest BCUT2D eigenvalue weighted by atomic mass is 127. The molecule has 0 radical (unpaired) electrons. The van der Waals surface area contributed by atoms with Crippen LogP contribution in [0.5, 0.6) is 0 Å². The zero-order valence-electron chi connectivity index (χ0n) is 12.9. The first kappa shape index (κ1) is 15.2. The third-order valence-electron chi connectivity index (χ3n) is 3.73. The summed E-state index contributed by atoms with van der Waals surface area (Å²) >= 11 is 2.31. The van der Waals surface area contributed by atoms with Gasteiger partial charge in [0.15, 0.2) is 5.65 Å². The van der Waals surface area contributed by atoms with Crippen LogP contribution in [-0.4, -0.2) is 15.0 Å². The van der Waals surface area contributed by atoms with Gasteiger partial charge in [0.2, 0.25) is 0 Å². The van der Waals surface area contributed by atoms with E-state index >= 15 is 0 Å². The quantitative estimate of drug-likeness (QED) is 0.591. The summed E-state index contributed by atoms with van der Waals surface area (Å²) < 4.78 is 1.19. The fourth-order valence-corrected chi connectivity index (χ4v) is 2.86. The van der Waals surface area contributed by atoms with Crippen LogP contribution >= 0.6 is 22.6 Å². The van der Waals surface area contributed by atoms with E-state index in [0.29, 0.717) is 0 Å². The van der Waals surface area contributed by atoms with Gasteiger partial charge in [-0.05, 0) is 45.7 Å². The molecule has 0 spiro atoms. The molecule has 2 heterocycles. The van der Waals surface area contributed by atoms with Crippen LogP contribution in [0, 0.1) is 8.99 Å². The van der Waals surface area contributed by atoms with Crippen molar-refractivity contribution in [1.82, 2.24) is 15.0 Å². The molecule has 22 heavy (non-hydrogen) atoms. The average molecular weight is 403 g/mol. The molecule has 2 aromatic heterocycles. The van der Waals surface area contributed by atoms with E-state index in [4.69, 9.17) is 4.98 Å². The van der Waals surface area contributed by atoms with Crippen LogP contribution in [-0.2, 0) is 0 Å². The molecule has 0 fully saturated rings. The number of fused-ring (bicyclic) bond motifs is 1. The lowest BCUT2D eigenvalue weighted by Gasteiger charge is -2.21. The molecule has 4 heteroatoms. The van der Waals surface area contributed by atoms with E-state index in [-0.39, 0.29) is 5.41 Å². The van der Waals surface area contributed by atoms with Gasteiger partial charge in [0.1, 0.15) is 5.52 Å². The third kappa shape index (κ3) is 2.79. The van der Waals surface area contributed by atoms with Crippen LogP contribution in [0.1, 0.15) is 26.3 Å². The smallest absolute Gasteiger partial charge is 0.156 e. The molecule has 3 rings (SSSR count). The molecular weight excluding hydrogens is 385 g/mol. The largest absolute Gasteiger partial charge is 0.344 e. The molecule has 0 saturated heterocycles. The Hall–Kier alpha value is -1.69. The first-order chi connectivity index (χ1) is 10.4. The second kappa shape index (κ2) is 5.50. The maximum atomic E-state index is 4.82. The molecule has 0 aliphatic carbocycles. The summed E-state index contributed by atoms with van der Waals surface area (Å²) in [5.74, 6) is 0. The van der Waals surface area contributed by atoms with Crippen LogP contribution in [0.15, 0.2) is 43.2 Å². The summed E-state index contributed by atoms with van der Waals surface area (Å²) in [6, 6.07) is 8.28. The molecule has 0 amide bonds. The predicted molar refractivity (Wildman–Crippen MR) is 101 cm³/mol. The zero-order valence-corrected chi connectivity index (χ0v) is 15.1. The Morgan fingerprint density at radius 1 is 1.27 bits per heavy atom. The fraction of sp³-hybridized carbons (Fsp3) is 0.222. The Morgan fingerprint density at radius 3 is 2.73 bits per heavy atom. The number of allylic oxidation sites excluding steroid dienone is 1. The number of nitrogens with one attached hydrogen (secondary N) is 1. The second-order valence-corrected chi connectivity index (χ2v) is 7.64. The van der Waals surface area contributed by atoms with Crippen molar-refractivity contribution in [3.05, 3.63) is 52.4 Å². The van der Waals surface area contributed by atoms with Crippen LogP contribution < -0.4 is 0 Å². The van der Waals surface area contributed by atoms with Crippen molar-refractivity contribution < 1.29 is 0 Å². The van der Waals surface area contributed by atoms with E-state index in [2.05, 4.69) is 78.1 Å². The number of hydrogen-bond acceptors (Lipinski definition) is 2. The molecule has 0 atom stereocenters. The summed E-state index contributed by atoms with van der Waals surface area (Å²) in [4.78, 5) is 12.5. The van der Waals surface area contributed by atoms with Crippen LogP contribution in [0.2, 0.25) is 0 Å². The van der Waals surface area contributed by atoms with Crippen molar-refractivity contribution >= 4 is 39.3 Å². The van der Waals surface area contributed by atoms with Crippen LogP contribution in [0.4, 0.5) is 0 Å². The minimum Gasteiger partial charge on any atom is -0.344 e. The van der Waals surface area contributed by atoms with Gasteiger partial charge in [0.25, 0.3) is 0 Å². The van der Waals surface area contributed by atoms with E-state index in [0.717, 1.165) is 33.6 Å². The molecule has 1 aromatic carbocycles. The lowest BCUT2D eigenvalue weighted by Crippen LogP contribution is -2.07. The molecule has 0 aliphatic heterocycles. The van der Waals surface area contributed by atoms with Gasteiger partial charge < -0.3 is 4.98 Å². The van der Waals surface area contributed by atoms with Crippen LogP contribution in [0.3, 0.4) is 0 Å². The molecular formula is C18H18IN3. The SMILES string of the molecule is C=C(c1c[nH]c2ncc(-c3cccc(I)c3)nc12)C(C)(C)C. The lowest BCUT2D eigenvalue weighted by molar-refractivity contribution is 0.568. The highest BCUT2D eigenvalue weighted by Crippen LogP contribution is 2.35. The zero-order chi connectivity index (χ0) is 15.9. The number of aromatic amines is 1. The normalized spacial score (nSPS) is 11.8. The van der Waals surface area contributed by atoms with Crippen molar-refractivity contribution in [2.45, 2.75) is 20.8 Å². The maximum absolute atomic E-state index is 4.82. The fourth-order valence-electron chi connectivity index (χ4n) is 2.31. The monoisotopic (exact) mass is 403 g/mol. The Balaban J connectivity index is 2.15. The molecule has 0 unspecified atom stereocenters. The minimum absolute atomic E-state index is 0.00503. The van der Waals surface area contributed by atoms with Gasteiger partial charge in [0, 0.05) is 20.9 Å². The number of aromatic nitrogens is 3. The number of nitrogens with zero attached hydrogens (tertiary/aromatic N) is 2. The Labute approximate surface area is 144 Å². The Morgan fingerprint density at radius 2 is 2.05 bits per heavy atom. The van der Waals surface area contributed by atoms with Gasteiger partial charge >= 0.3 is 0 Å². The number of benzene rings is 1. The van der Waals surface area contributed by atoms with E-state index in [1.54, 1.807) is 0 Å².